The van der Waals surface area contributed by atoms with Gasteiger partial charge < -0.3 is 5.32 Å². The number of aryl methyl sites for hydroxylation is 1. The Morgan fingerprint density at radius 3 is 2.53 bits per heavy atom. The zero-order valence-electron chi connectivity index (χ0n) is 9.47. The van der Waals surface area contributed by atoms with Crippen LogP contribution in [0, 0.1) is 0 Å². The third kappa shape index (κ3) is 3.72. The van der Waals surface area contributed by atoms with Gasteiger partial charge in [0.2, 0.25) is 5.91 Å². The topological polar surface area (TPSA) is 42.0 Å². The number of rotatable bonds is 4. The molecule has 1 N–H and O–H groups in total. The zero-order chi connectivity index (χ0) is 11.9. The summed E-state index contributed by atoms with van der Waals surface area (Å²) < 4.78 is 0. The van der Waals surface area contributed by atoms with Crippen LogP contribution in [0.1, 0.15) is 12.0 Å². The van der Waals surface area contributed by atoms with E-state index in [0.29, 0.717) is 12.2 Å². The fourth-order valence-electron chi connectivity index (χ4n) is 1.54. The summed E-state index contributed by atoms with van der Waals surface area (Å²) in [5.74, 6) is 0.595. The predicted molar refractivity (Wildman–Crippen MR) is 67.6 cm³/mol. The number of benzene rings is 1. The Hall–Kier alpha value is -2.16. The maximum Gasteiger partial charge on any atom is 0.225 e. The summed E-state index contributed by atoms with van der Waals surface area (Å²) in [5.41, 5.74) is 1.17. The summed E-state index contributed by atoms with van der Waals surface area (Å²) >= 11 is 0. The van der Waals surface area contributed by atoms with Crippen LogP contribution in [-0.2, 0) is 11.2 Å². The Morgan fingerprint density at radius 2 is 1.82 bits per heavy atom. The molecular weight excluding hydrogens is 212 g/mol. The minimum absolute atomic E-state index is 0.00690. The molecule has 86 valence electrons. The van der Waals surface area contributed by atoms with Crippen LogP contribution in [0.2, 0.25) is 0 Å². The van der Waals surface area contributed by atoms with Crippen molar-refractivity contribution in [1.82, 2.24) is 4.98 Å². The highest BCUT2D eigenvalue weighted by Crippen LogP contribution is 2.05. The Morgan fingerprint density at radius 1 is 1.06 bits per heavy atom. The third-order valence-electron chi connectivity index (χ3n) is 2.42. The molecule has 0 fully saturated rings. The smallest absolute Gasteiger partial charge is 0.225 e. The lowest BCUT2D eigenvalue weighted by atomic mass is 10.1. The van der Waals surface area contributed by atoms with E-state index in [1.807, 2.05) is 42.5 Å². The average Bonchev–Trinajstić information content (AvgIpc) is 2.39. The van der Waals surface area contributed by atoms with Gasteiger partial charge in [-0.2, -0.15) is 0 Å². The van der Waals surface area contributed by atoms with Crippen LogP contribution in [0.25, 0.3) is 0 Å². The molecule has 0 unspecified atom stereocenters. The summed E-state index contributed by atoms with van der Waals surface area (Å²) in [4.78, 5) is 15.7. The SMILES string of the molecule is O=C(CCc1ccccc1)Nc1ccccn1. The first-order valence-corrected chi connectivity index (χ1v) is 5.59. The van der Waals surface area contributed by atoms with Gasteiger partial charge in [0.05, 0.1) is 0 Å². The van der Waals surface area contributed by atoms with E-state index in [0.717, 1.165) is 6.42 Å². The molecule has 1 amide bonds. The van der Waals surface area contributed by atoms with Gasteiger partial charge in [0, 0.05) is 12.6 Å². The molecule has 0 aliphatic rings. The maximum absolute atomic E-state index is 11.6. The zero-order valence-corrected chi connectivity index (χ0v) is 9.47. The van der Waals surface area contributed by atoms with Crippen molar-refractivity contribution >= 4 is 11.7 Å². The van der Waals surface area contributed by atoms with Gasteiger partial charge in [-0.05, 0) is 24.1 Å². The number of nitrogens with zero attached hydrogens (tertiary/aromatic N) is 1. The van der Waals surface area contributed by atoms with Crippen LogP contribution in [0.3, 0.4) is 0 Å². The highest BCUT2D eigenvalue weighted by Gasteiger charge is 2.02. The van der Waals surface area contributed by atoms with E-state index in [-0.39, 0.29) is 5.91 Å². The number of nitrogens with one attached hydrogen (secondary N) is 1. The largest absolute Gasteiger partial charge is 0.311 e. The molecule has 3 heteroatoms. The lowest BCUT2D eigenvalue weighted by molar-refractivity contribution is -0.116. The number of carbonyl (C=O) groups excluding carboxylic acids is 1. The molecule has 0 saturated carbocycles. The fourth-order valence-corrected chi connectivity index (χ4v) is 1.54. The minimum atomic E-state index is -0.00690. The van der Waals surface area contributed by atoms with Gasteiger partial charge in [-0.1, -0.05) is 36.4 Å². The van der Waals surface area contributed by atoms with E-state index in [4.69, 9.17) is 0 Å². The fraction of sp³-hybridized carbons (Fsp3) is 0.143. The van der Waals surface area contributed by atoms with E-state index in [1.54, 1.807) is 12.3 Å². The molecule has 1 aromatic heterocycles. The van der Waals surface area contributed by atoms with Gasteiger partial charge in [0.1, 0.15) is 5.82 Å². The van der Waals surface area contributed by atoms with E-state index < -0.39 is 0 Å². The highest BCUT2D eigenvalue weighted by molar-refractivity contribution is 5.89. The number of anilines is 1. The number of hydrogen-bond acceptors (Lipinski definition) is 2. The highest BCUT2D eigenvalue weighted by atomic mass is 16.1. The average molecular weight is 226 g/mol. The third-order valence-corrected chi connectivity index (χ3v) is 2.42. The van der Waals surface area contributed by atoms with Gasteiger partial charge in [-0.3, -0.25) is 4.79 Å². The van der Waals surface area contributed by atoms with E-state index in [9.17, 15) is 4.79 Å². The van der Waals surface area contributed by atoms with Crippen molar-refractivity contribution in [2.24, 2.45) is 0 Å². The van der Waals surface area contributed by atoms with Gasteiger partial charge >= 0.3 is 0 Å². The molecule has 0 radical (unpaired) electrons. The predicted octanol–water partition coefficient (Wildman–Crippen LogP) is 2.65. The van der Waals surface area contributed by atoms with E-state index >= 15 is 0 Å². The Labute approximate surface area is 101 Å². The summed E-state index contributed by atoms with van der Waals surface area (Å²) in [5, 5.41) is 2.76. The quantitative estimate of drug-likeness (QED) is 0.870. The van der Waals surface area contributed by atoms with Crippen molar-refractivity contribution in [3.8, 4) is 0 Å². The molecule has 1 heterocycles. The van der Waals surface area contributed by atoms with Crippen LogP contribution in [0.5, 0.6) is 0 Å². The first-order valence-electron chi connectivity index (χ1n) is 5.59. The molecule has 0 aliphatic heterocycles. The Balaban J connectivity index is 1.83. The second-order valence-electron chi connectivity index (χ2n) is 3.75. The molecule has 2 aromatic rings. The molecule has 0 saturated heterocycles. The monoisotopic (exact) mass is 226 g/mol. The van der Waals surface area contributed by atoms with Gasteiger partial charge in [0.15, 0.2) is 0 Å². The van der Waals surface area contributed by atoms with Crippen molar-refractivity contribution in [2.45, 2.75) is 12.8 Å². The van der Waals surface area contributed by atoms with Crippen molar-refractivity contribution in [3.63, 3.8) is 0 Å². The molecule has 0 atom stereocenters. The normalized spacial score (nSPS) is 9.88. The number of carbonyl (C=O) groups is 1. The van der Waals surface area contributed by atoms with Crippen LogP contribution < -0.4 is 5.32 Å². The maximum atomic E-state index is 11.6. The molecule has 0 bridgehead atoms. The van der Waals surface area contributed by atoms with Crippen LogP contribution in [-0.4, -0.2) is 10.9 Å². The van der Waals surface area contributed by atoms with Gasteiger partial charge in [0.25, 0.3) is 0 Å². The number of amides is 1. The standard InChI is InChI=1S/C14H14N2O/c17-14(16-13-8-4-5-11-15-13)10-9-12-6-2-1-3-7-12/h1-8,11H,9-10H2,(H,15,16,17). The van der Waals surface area contributed by atoms with E-state index in [2.05, 4.69) is 10.3 Å². The van der Waals surface area contributed by atoms with Crippen molar-refractivity contribution in [3.05, 3.63) is 60.3 Å². The molecule has 1 aromatic carbocycles. The second-order valence-corrected chi connectivity index (χ2v) is 3.75. The lowest BCUT2D eigenvalue weighted by Gasteiger charge is -2.03. The first kappa shape index (κ1) is 11.3. The number of pyridine rings is 1. The lowest BCUT2D eigenvalue weighted by Crippen LogP contribution is -2.13. The van der Waals surface area contributed by atoms with Crippen molar-refractivity contribution in [2.75, 3.05) is 5.32 Å². The molecule has 0 aliphatic carbocycles. The van der Waals surface area contributed by atoms with Crippen LogP contribution in [0.4, 0.5) is 5.82 Å². The molecule has 3 nitrogen and oxygen atoms in total. The summed E-state index contributed by atoms with van der Waals surface area (Å²) in [6.07, 6.45) is 2.88. The second kappa shape index (κ2) is 5.80. The molecule has 2 rings (SSSR count). The molecule has 0 spiro atoms. The Kier molecular flexibility index (Phi) is 3.86. The summed E-state index contributed by atoms with van der Waals surface area (Å²) in [7, 11) is 0. The van der Waals surface area contributed by atoms with Crippen LogP contribution in [0.15, 0.2) is 54.7 Å². The minimum Gasteiger partial charge on any atom is -0.311 e. The molecule has 17 heavy (non-hydrogen) atoms. The van der Waals surface area contributed by atoms with Gasteiger partial charge in [-0.25, -0.2) is 4.98 Å². The first-order chi connectivity index (χ1) is 8.34. The number of aromatic nitrogens is 1. The van der Waals surface area contributed by atoms with Crippen molar-refractivity contribution in [1.29, 1.82) is 0 Å². The summed E-state index contributed by atoms with van der Waals surface area (Å²) in [6.45, 7) is 0. The van der Waals surface area contributed by atoms with Crippen molar-refractivity contribution < 1.29 is 4.79 Å². The summed E-state index contributed by atoms with van der Waals surface area (Å²) in [6, 6.07) is 15.4. The molecular formula is C14H14N2O. The Bertz CT molecular complexity index is 468. The van der Waals surface area contributed by atoms with Crippen LogP contribution >= 0.6 is 0 Å². The number of hydrogen-bond donors (Lipinski definition) is 1. The van der Waals surface area contributed by atoms with Gasteiger partial charge in [-0.15, -0.1) is 0 Å². The van der Waals surface area contributed by atoms with E-state index in [1.165, 1.54) is 5.56 Å².